The number of primary amides is 1. The SMILES string of the molecule is CCOc1cc(S(C)(=O)=O)cc(C(N)=O)c1OC. The number of ether oxygens (including phenoxy) is 2. The average Bonchev–Trinajstić information content (AvgIpc) is 2.27. The topological polar surface area (TPSA) is 95.7 Å². The minimum Gasteiger partial charge on any atom is -0.492 e. The van der Waals surface area contributed by atoms with Gasteiger partial charge in [-0.25, -0.2) is 8.42 Å². The number of hydrogen-bond donors (Lipinski definition) is 1. The molecule has 1 amide bonds. The van der Waals surface area contributed by atoms with Crippen LogP contribution < -0.4 is 15.2 Å². The number of methoxy groups -OCH3 is 1. The molecule has 0 radical (unpaired) electrons. The summed E-state index contributed by atoms with van der Waals surface area (Å²) in [4.78, 5) is 11.3. The van der Waals surface area contributed by atoms with E-state index in [0.717, 1.165) is 6.26 Å². The van der Waals surface area contributed by atoms with E-state index in [1.54, 1.807) is 6.92 Å². The van der Waals surface area contributed by atoms with Crippen molar-refractivity contribution in [1.82, 2.24) is 0 Å². The van der Waals surface area contributed by atoms with Crippen LogP contribution in [0.1, 0.15) is 17.3 Å². The summed E-state index contributed by atoms with van der Waals surface area (Å²) in [6, 6.07) is 2.49. The first kappa shape index (κ1) is 14.3. The van der Waals surface area contributed by atoms with Gasteiger partial charge in [-0.2, -0.15) is 0 Å². The smallest absolute Gasteiger partial charge is 0.252 e. The van der Waals surface area contributed by atoms with Crippen LogP contribution in [0.4, 0.5) is 0 Å². The van der Waals surface area contributed by atoms with E-state index in [4.69, 9.17) is 15.2 Å². The molecule has 7 heteroatoms. The third-order valence-electron chi connectivity index (χ3n) is 2.23. The zero-order chi connectivity index (χ0) is 13.9. The van der Waals surface area contributed by atoms with Crippen molar-refractivity contribution in [3.05, 3.63) is 17.7 Å². The highest BCUT2D eigenvalue weighted by Crippen LogP contribution is 2.34. The molecule has 0 saturated heterocycles. The van der Waals surface area contributed by atoms with Crippen LogP contribution in [0.2, 0.25) is 0 Å². The molecule has 0 aliphatic carbocycles. The van der Waals surface area contributed by atoms with E-state index >= 15 is 0 Å². The van der Waals surface area contributed by atoms with Crippen molar-refractivity contribution in [2.45, 2.75) is 11.8 Å². The Morgan fingerprint density at radius 3 is 2.39 bits per heavy atom. The van der Waals surface area contributed by atoms with Gasteiger partial charge in [0.2, 0.25) is 0 Å². The lowest BCUT2D eigenvalue weighted by Gasteiger charge is -2.13. The largest absolute Gasteiger partial charge is 0.492 e. The summed E-state index contributed by atoms with van der Waals surface area (Å²) in [6.45, 7) is 2.04. The highest BCUT2D eigenvalue weighted by atomic mass is 32.2. The number of carbonyl (C=O) groups excluding carboxylic acids is 1. The average molecular weight is 273 g/mol. The molecular weight excluding hydrogens is 258 g/mol. The molecule has 6 nitrogen and oxygen atoms in total. The summed E-state index contributed by atoms with van der Waals surface area (Å²) < 4.78 is 33.3. The monoisotopic (exact) mass is 273 g/mol. The summed E-state index contributed by atoms with van der Waals surface area (Å²) in [5.74, 6) is -0.466. The van der Waals surface area contributed by atoms with Gasteiger partial charge in [-0.05, 0) is 13.0 Å². The Hall–Kier alpha value is -1.76. The molecule has 0 spiro atoms. The second-order valence-electron chi connectivity index (χ2n) is 3.57. The Bertz CT molecular complexity index is 565. The first-order chi connectivity index (χ1) is 8.31. The standard InChI is InChI=1S/C11H15NO5S/c1-4-17-9-6-7(18(3,14)15)5-8(11(12)13)10(9)16-2/h5-6H,4H2,1-3H3,(H2,12,13). The number of rotatable bonds is 5. The van der Waals surface area contributed by atoms with Gasteiger partial charge in [0.05, 0.1) is 24.2 Å². The van der Waals surface area contributed by atoms with Crippen LogP contribution in [0, 0.1) is 0 Å². The van der Waals surface area contributed by atoms with Crippen LogP contribution in [0.25, 0.3) is 0 Å². The second-order valence-corrected chi connectivity index (χ2v) is 5.59. The maximum atomic E-state index is 11.5. The predicted molar refractivity (Wildman–Crippen MR) is 65.8 cm³/mol. The summed E-state index contributed by atoms with van der Waals surface area (Å²) >= 11 is 0. The minimum atomic E-state index is -3.47. The molecule has 0 aliphatic heterocycles. The quantitative estimate of drug-likeness (QED) is 0.847. The number of sulfone groups is 1. The lowest BCUT2D eigenvalue weighted by molar-refractivity contribution is 0.0996. The van der Waals surface area contributed by atoms with E-state index in [0.29, 0.717) is 6.61 Å². The third-order valence-corrected chi connectivity index (χ3v) is 3.32. The molecule has 0 fully saturated rings. The van der Waals surface area contributed by atoms with E-state index < -0.39 is 15.7 Å². The second kappa shape index (κ2) is 5.26. The third kappa shape index (κ3) is 2.92. The molecule has 18 heavy (non-hydrogen) atoms. The summed E-state index contributed by atoms with van der Waals surface area (Å²) in [7, 11) is -2.12. The van der Waals surface area contributed by atoms with Crippen LogP contribution in [-0.2, 0) is 9.84 Å². The van der Waals surface area contributed by atoms with Gasteiger partial charge in [0.25, 0.3) is 5.91 Å². The fraction of sp³-hybridized carbons (Fsp3) is 0.364. The number of nitrogens with two attached hydrogens (primary N) is 1. The summed E-state index contributed by atoms with van der Waals surface area (Å²) in [5.41, 5.74) is 5.17. The molecule has 1 rings (SSSR count). The molecule has 0 aromatic heterocycles. The molecule has 0 saturated carbocycles. The highest BCUT2D eigenvalue weighted by Gasteiger charge is 2.20. The summed E-state index contributed by atoms with van der Waals surface area (Å²) in [6.07, 6.45) is 1.04. The number of benzene rings is 1. The van der Waals surface area contributed by atoms with Gasteiger partial charge >= 0.3 is 0 Å². The van der Waals surface area contributed by atoms with Crippen molar-refractivity contribution in [3.63, 3.8) is 0 Å². The molecule has 0 bridgehead atoms. The van der Waals surface area contributed by atoms with Crippen LogP contribution >= 0.6 is 0 Å². The van der Waals surface area contributed by atoms with E-state index in [9.17, 15) is 13.2 Å². The van der Waals surface area contributed by atoms with Crippen LogP contribution in [0.3, 0.4) is 0 Å². The maximum Gasteiger partial charge on any atom is 0.252 e. The summed E-state index contributed by atoms with van der Waals surface area (Å²) in [5, 5.41) is 0. The van der Waals surface area contributed by atoms with E-state index in [1.807, 2.05) is 0 Å². The van der Waals surface area contributed by atoms with E-state index in [2.05, 4.69) is 0 Å². The predicted octanol–water partition coefficient (Wildman–Crippen LogP) is 0.596. The Kier molecular flexibility index (Phi) is 4.18. The molecule has 1 aromatic rings. The van der Waals surface area contributed by atoms with Gasteiger partial charge in [-0.1, -0.05) is 0 Å². The van der Waals surface area contributed by atoms with Gasteiger partial charge in [0, 0.05) is 12.3 Å². The van der Waals surface area contributed by atoms with Crippen molar-refractivity contribution in [2.75, 3.05) is 20.0 Å². The van der Waals surface area contributed by atoms with Gasteiger partial charge in [-0.15, -0.1) is 0 Å². The Balaban J connectivity index is 3.59. The lowest BCUT2D eigenvalue weighted by atomic mass is 10.1. The number of hydrogen-bond acceptors (Lipinski definition) is 5. The van der Waals surface area contributed by atoms with Gasteiger partial charge in [0.1, 0.15) is 0 Å². The zero-order valence-corrected chi connectivity index (χ0v) is 11.2. The van der Waals surface area contributed by atoms with Gasteiger partial charge in [0.15, 0.2) is 21.3 Å². The normalized spacial score (nSPS) is 11.1. The Morgan fingerprint density at radius 2 is 2.00 bits per heavy atom. The first-order valence-electron chi connectivity index (χ1n) is 5.16. The molecule has 0 atom stereocenters. The van der Waals surface area contributed by atoms with E-state index in [1.165, 1.54) is 19.2 Å². The Labute approximate surface area is 106 Å². The number of amides is 1. The molecule has 100 valence electrons. The van der Waals surface area contributed by atoms with Gasteiger partial charge < -0.3 is 15.2 Å². The maximum absolute atomic E-state index is 11.5. The van der Waals surface area contributed by atoms with Crippen molar-refractivity contribution < 1.29 is 22.7 Å². The molecule has 2 N–H and O–H groups in total. The highest BCUT2D eigenvalue weighted by molar-refractivity contribution is 7.90. The molecule has 0 aliphatic rings. The zero-order valence-electron chi connectivity index (χ0n) is 10.4. The van der Waals surface area contributed by atoms with Crippen LogP contribution in [0.15, 0.2) is 17.0 Å². The molecular formula is C11H15NO5S. The lowest BCUT2D eigenvalue weighted by Crippen LogP contribution is -2.14. The van der Waals surface area contributed by atoms with Crippen molar-refractivity contribution in [2.24, 2.45) is 5.73 Å². The molecule has 0 unspecified atom stereocenters. The van der Waals surface area contributed by atoms with E-state index in [-0.39, 0.29) is 22.0 Å². The fourth-order valence-electron chi connectivity index (χ4n) is 1.45. The minimum absolute atomic E-state index is 0.0242. The van der Waals surface area contributed by atoms with Crippen molar-refractivity contribution in [1.29, 1.82) is 0 Å². The van der Waals surface area contributed by atoms with Crippen molar-refractivity contribution >= 4 is 15.7 Å². The number of carbonyl (C=O) groups is 1. The van der Waals surface area contributed by atoms with Crippen LogP contribution in [0.5, 0.6) is 11.5 Å². The Morgan fingerprint density at radius 1 is 1.39 bits per heavy atom. The van der Waals surface area contributed by atoms with Crippen molar-refractivity contribution in [3.8, 4) is 11.5 Å². The van der Waals surface area contributed by atoms with Crippen LogP contribution in [-0.4, -0.2) is 34.3 Å². The molecule has 0 heterocycles. The fourth-order valence-corrected chi connectivity index (χ4v) is 2.10. The first-order valence-corrected chi connectivity index (χ1v) is 7.05. The van der Waals surface area contributed by atoms with Gasteiger partial charge in [-0.3, -0.25) is 4.79 Å². The molecule has 1 aromatic carbocycles.